The van der Waals surface area contributed by atoms with Gasteiger partial charge in [0.25, 0.3) is 0 Å². The van der Waals surface area contributed by atoms with Crippen LogP contribution in [0.2, 0.25) is 0 Å². The molecular weight excluding hydrogens is 519 g/mol. The Morgan fingerprint density at radius 2 is 1.73 bits per heavy atom. The number of thiazole rings is 1. The molecule has 3 nitrogen and oxygen atoms in total. The molecule has 2 aromatic carbocycles. The van der Waals surface area contributed by atoms with E-state index in [1.807, 2.05) is 25.4 Å². The van der Waals surface area contributed by atoms with E-state index in [4.69, 9.17) is 4.98 Å². The Balaban J connectivity index is 0.00000196. The molecule has 0 amide bonds. The van der Waals surface area contributed by atoms with Gasteiger partial charge in [-0.3, -0.25) is 9.97 Å². The van der Waals surface area contributed by atoms with Gasteiger partial charge in [0.15, 0.2) is 0 Å². The van der Waals surface area contributed by atoms with Crippen LogP contribution in [0.25, 0.3) is 27.3 Å². The molecule has 0 spiro atoms. The molecule has 0 fully saturated rings. The smallest absolute Gasteiger partial charge is 0.0796 e. The normalized spacial score (nSPS) is 11.0. The van der Waals surface area contributed by atoms with Crippen LogP contribution in [0, 0.1) is 40.7 Å². The minimum absolute atomic E-state index is 0. The van der Waals surface area contributed by atoms with Crippen molar-refractivity contribution in [2.45, 2.75) is 34.6 Å². The third kappa shape index (κ3) is 3.05. The summed E-state index contributed by atoms with van der Waals surface area (Å²) < 4.78 is 3.35. The molecule has 26 heavy (non-hydrogen) atoms. The van der Waals surface area contributed by atoms with Gasteiger partial charge in [-0.1, -0.05) is 24.6 Å². The van der Waals surface area contributed by atoms with E-state index in [0.29, 0.717) is 0 Å². The summed E-state index contributed by atoms with van der Waals surface area (Å²) in [6.07, 6.45) is 3.89. The first-order valence-electron chi connectivity index (χ1n) is 8.36. The largest absolute Gasteiger partial charge is 0.340 e. The Labute approximate surface area is 171 Å². The van der Waals surface area contributed by atoms with Crippen LogP contribution in [0.5, 0.6) is 0 Å². The summed E-state index contributed by atoms with van der Waals surface area (Å²) in [6, 6.07) is 9.92. The molecule has 5 heteroatoms. The monoisotopic (exact) mass is 539 g/mol. The van der Waals surface area contributed by atoms with E-state index in [2.05, 4.69) is 55.4 Å². The zero-order chi connectivity index (χ0) is 17.7. The number of nitrogens with zero attached hydrogens (tertiary/aromatic N) is 3. The van der Waals surface area contributed by atoms with Gasteiger partial charge < -0.3 is 4.57 Å². The van der Waals surface area contributed by atoms with Crippen LogP contribution < -0.4 is 0 Å². The molecule has 0 unspecified atom stereocenters. The molecule has 0 bridgehead atoms. The summed E-state index contributed by atoms with van der Waals surface area (Å²) in [6.45, 7) is 10.6. The van der Waals surface area contributed by atoms with E-state index in [1.165, 1.54) is 27.1 Å². The number of aryl methyl sites for hydroxylation is 5. The average molecular weight is 539 g/mol. The van der Waals surface area contributed by atoms with E-state index in [-0.39, 0.29) is 20.1 Å². The van der Waals surface area contributed by atoms with Crippen molar-refractivity contribution < 1.29 is 20.1 Å². The van der Waals surface area contributed by atoms with Gasteiger partial charge in [0.1, 0.15) is 0 Å². The van der Waals surface area contributed by atoms with Crippen molar-refractivity contribution in [2.75, 3.05) is 0 Å². The molecule has 0 aliphatic carbocycles. The quantitative estimate of drug-likeness (QED) is 0.316. The van der Waals surface area contributed by atoms with Crippen LogP contribution in [-0.4, -0.2) is 14.5 Å². The maximum Gasteiger partial charge on any atom is 0.0796 e. The number of benzene rings is 2. The SMILES string of the molecule is Cc1cc(C)c(-n2ccnc2-c2[c-]cc3sc(C)nc3c2C)c(C)c1.[Ir]. The van der Waals surface area contributed by atoms with Crippen LogP contribution in [-0.2, 0) is 20.1 Å². The predicted octanol–water partition coefficient (Wildman–Crippen LogP) is 5.49. The van der Waals surface area contributed by atoms with Gasteiger partial charge in [-0.05, 0) is 43.5 Å². The fraction of sp³-hybridized carbons (Fsp3) is 0.238. The zero-order valence-electron chi connectivity index (χ0n) is 15.5. The van der Waals surface area contributed by atoms with Gasteiger partial charge in [-0.2, -0.15) is 11.3 Å². The molecule has 0 aliphatic heterocycles. The maximum absolute atomic E-state index is 4.69. The second-order valence-electron chi connectivity index (χ2n) is 6.60. The molecule has 0 N–H and O–H groups in total. The van der Waals surface area contributed by atoms with Gasteiger partial charge >= 0.3 is 0 Å². The van der Waals surface area contributed by atoms with Crippen molar-refractivity contribution in [1.29, 1.82) is 0 Å². The van der Waals surface area contributed by atoms with Crippen molar-refractivity contribution in [3.05, 3.63) is 63.9 Å². The van der Waals surface area contributed by atoms with E-state index in [9.17, 15) is 0 Å². The van der Waals surface area contributed by atoms with E-state index < -0.39 is 0 Å². The van der Waals surface area contributed by atoms with Gasteiger partial charge in [-0.15, -0.1) is 23.3 Å². The van der Waals surface area contributed by atoms with Crippen molar-refractivity contribution in [3.63, 3.8) is 0 Å². The molecule has 4 aromatic rings. The second-order valence-corrected chi connectivity index (χ2v) is 7.84. The molecule has 4 rings (SSSR count). The molecule has 1 radical (unpaired) electrons. The van der Waals surface area contributed by atoms with Gasteiger partial charge in [0, 0.05) is 43.7 Å². The molecule has 0 aliphatic rings. The van der Waals surface area contributed by atoms with Gasteiger partial charge in [0.2, 0.25) is 0 Å². The van der Waals surface area contributed by atoms with E-state index in [0.717, 1.165) is 27.5 Å². The molecular formula is C21H20IrN3S-. The number of rotatable bonds is 2. The fourth-order valence-corrected chi connectivity index (χ4v) is 4.50. The summed E-state index contributed by atoms with van der Waals surface area (Å²) in [5.74, 6) is 0.917. The van der Waals surface area contributed by atoms with Gasteiger partial charge in [-0.25, -0.2) is 0 Å². The van der Waals surface area contributed by atoms with Crippen LogP contribution in [0.15, 0.2) is 30.6 Å². The number of hydrogen-bond donors (Lipinski definition) is 0. The molecule has 2 aromatic heterocycles. The minimum Gasteiger partial charge on any atom is -0.340 e. The molecule has 2 heterocycles. The molecule has 135 valence electrons. The first kappa shape index (κ1) is 19.0. The van der Waals surface area contributed by atoms with E-state index in [1.54, 1.807) is 11.3 Å². The Morgan fingerprint density at radius 3 is 2.42 bits per heavy atom. The predicted molar refractivity (Wildman–Crippen MR) is 105 cm³/mol. The summed E-state index contributed by atoms with van der Waals surface area (Å²) in [7, 11) is 0. The Kier molecular flexibility index (Phi) is 5.16. The second kappa shape index (κ2) is 7.07. The molecule has 0 saturated carbocycles. The third-order valence-electron chi connectivity index (χ3n) is 4.58. The van der Waals surface area contributed by atoms with Crippen molar-refractivity contribution >= 4 is 21.6 Å². The Bertz CT molecular complexity index is 1080. The van der Waals surface area contributed by atoms with Crippen molar-refractivity contribution in [3.8, 4) is 17.1 Å². The summed E-state index contributed by atoms with van der Waals surface area (Å²) in [4.78, 5) is 9.34. The first-order valence-corrected chi connectivity index (χ1v) is 9.17. The van der Waals surface area contributed by atoms with Gasteiger partial charge in [0.05, 0.1) is 10.8 Å². The van der Waals surface area contributed by atoms with Crippen LogP contribution in [0.1, 0.15) is 27.3 Å². The maximum atomic E-state index is 4.69. The number of fused-ring (bicyclic) bond motifs is 1. The Morgan fingerprint density at radius 1 is 1.04 bits per heavy atom. The Hall–Kier alpha value is -1.81. The summed E-state index contributed by atoms with van der Waals surface area (Å²) >= 11 is 1.71. The number of aromatic nitrogens is 3. The fourth-order valence-electron chi connectivity index (χ4n) is 3.63. The summed E-state index contributed by atoms with van der Waals surface area (Å²) in [5, 5.41) is 1.08. The minimum atomic E-state index is 0. The average Bonchev–Trinajstić information content (AvgIpc) is 3.13. The van der Waals surface area contributed by atoms with Crippen LogP contribution in [0.4, 0.5) is 0 Å². The molecule has 0 saturated heterocycles. The van der Waals surface area contributed by atoms with E-state index >= 15 is 0 Å². The molecule has 0 atom stereocenters. The van der Waals surface area contributed by atoms with Crippen LogP contribution in [0.3, 0.4) is 0 Å². The standard InChI is InChI=1S/C21H20N3S.Ir/c1-12-10-13(2)20(14(3)11-12)24-9-8-22-21(24)17-6-7-18-19(15(17)4)23-16(5)25-18;/h7-11H,1-5H3;/q-1;. The van der Waals surface area contributed by atoms with Crippen molar-refractivity contribution in [1.82, 2.24) is 14.5 Å². The van der Waals surface area contributed by atoms with Crippen LogP contribution >= 0.6 is 11.3 Å². The number of hydrogen-bond acceptors (Lipinski definition) is 3. The number of imidazole rings is 1. The van der Waals surface area contributed by atoms with Crippen molar-refractivity contribution in [2.24, 2.45) is 0 Å². The topological polar surface area (TPSA) is 30.7 Å². The third-order valence-corrected chi connectivity index (χ3v) is 5.50. The summed E-state index contributed by atoms with van der Waals surface area (Å²) in [5.41, 5.74) is 8.19. The zero-order valence-corrected chi connectivity index (χ0v) is 18.7. The first-order chi connectivity index (χ1) is 12.0.